The molecule has 1 rings (SSSR count). The lowest BCUT2D eigenvalue weighted by Gasteiger charge is -2.06. The molecule has 0 aliphatic carbocycles. The molecule has 0 aromatic heterocycles. The van der Waals surface area contributed by atoms with E-state index in [2.05, 4.69) is 59.0 Å². The van der Waals surface area contributed by atoms with Gasteiger partial charge in [0.25, 0.3) is 0 Å². The third-order valence-electron chi connectivity index (χ3n) is 1.58. The summed E-state index contributed by atoms with van der Waals surface area (Å²) in [6, 6.07) is 6.25. The molecule has 1 N–H and O–H groups in total. The molecule has 1 aromatic rings. The molecule has 0 bridgehead atoms. The molecule has 0 heterocycles. The minimum atomic E-state index is 0.584. The minimum absolute atomic E-state index is 0.584. The Kier molecular flexibility index (Phi) is 3.42. The molecule has 62 valence electrons. The smallest absolute Gasteiger partial charge is 0.0763 e. The lowest BCUT2D eigenvalue weighted by atomic mass is 10.2. The third kappa shape index (κ3) is 2.42. The Labute approximate surface area is 86.7 Å². The van der Waals surface area contributed by atoms with Crippen LogP contribution in [-0.2, 0) is 0 Å². The van der Waals surface area contributed by atoms with Crippen LogP contribution >= 0.6 is 22.6 Å². The summed E-state index contributed by atoms with van der Waals surface area (Å²) < 4.78 is 1.22. The van der Waals surface area contributed by atoms with E-state index in [-0.39, 0.29) is 0 Å². The molecule has 0 atom stereocenters. The summed E-state index contributed by atoms with van der Waals surface area (Å²) in [5, 5.41) is 3.16. The number of benzene rings is 1. The van der Waals surface area contributed by atoms with Crippen molar-refractivity contribution in [3.8, 4) is 12.3 Å². The van der Waals surface area contributed by atoms with E-state index in [1.807, 2.05) is 0 Å². The van der Waals surface area contributed by atoms with Gasteiger partial charge in [0.05, 0.1) is 6.54 Å². The SMILES string of the molecule is C#CCNc1cc(I)ccc1C. The molecule has 0 fully saturated rings. The van der Waals surface area contributed by atoms with Gasteiger partial charge in [0.2, 0.25) is 0 Å². The molecule has 0 saturated heterocycles. The summed E-state index contributed by atoms with van der Waals surface area (Å²) in [6.07, 6.45) is 5.15. The molecule has 1 nitrogen and oxygen atoms in total. The van der Waals surface area contributed by atoms with Crippen LogP contribution < -0.4 is 5.32 Å². The first-order valence-electron chi connectivity index (χ1n) is 3.67. The Bertz CT molecular complexity index is 312. The number of halogens is 1. The highest BCUT2D eigenvalue weighted by Gasteiger charge is 1.96. The molecule has 1 aromatic carbocycles. The van der Waals surface area contributed by atoms with Gasteiger partial charge in [-0.1, -0.05) is 12.0 Å². The van der Waals surface area contributed by atoms with E-state index in [4.69, 9.17) is 6.42 Å². The van der Waals surface area contributed by atoms with E-state index in [1.165, 1.54) is 9.13 Å². The van der Waals surface area contributed by atoms with Crippen LogP contribution in [0, 0.1) is 22.8 Å². The predicted molar refractivity (Wildman–Crippen MR) is 61.2 cm³/mol. The van der Waals surface area contributed by atoms with Gasteiger partial charge in [-0.2, -0.15) is 0 Å². The van der Waals surface area contributed by atoms with Crippen molar-refractivity contribution in [3.63, 3.8) is 0 Å². The Morgan fingerprint density at radius 2 is 2.33 bits per heavy atom. The van der Waals surface area contributed by atoms with Crippen LogP contribution in [0.3, 0.4) is 0 Å². The lowest BCUT2D eigenvalue weighted by Crippen LogP contribution is -2.00. The van der Waals surface area contributed by atoms with Gasteiger partial charge in [0.15, 0.2) is 0 Å². The van der Waals surface area contributed by atoms with E-state index in [9.17, 15) is 0 Å². The van der Waals surface area contributed by atoms with Crippen molar-refractivity contribution in [1.29, 1.82) is 0 Å². The fraction of sp³-hybridized carbons (Fsp3) is 0.200. The number of hydrogen-bond donors (Lipinski definition) is 1. The molecule has 0 unspecified atom stereocenters. The fourth-order valence-corrected chi connectivity index (χ4v) is 1.42. The third-order valence-corrected chi connectivity index (χ3v) is 2.25. The number of terminal acetylenes is 1. The van der Waals surface area contributed by atoms with Crippen LogP contribution in [-0.4, -0.2) is 6.54 Å². The van der Waals surface area contributed by atoms with E-state index < -0.39 is 0 Å². The molecule has 12 heavy (non-hydrogen) atoms. The summed E-state index contributed by atoms with van der Waals surface area (Å²) in [4.78, 5) is 0. The average molecular weight is 271 g/mol. The Morgan fingerprint density at radius 3 is 3.00 bits per heavy atom. The fourth-order valence-electron chi connectivity index (χ4n) is 0.931. The summed E-state index contributed by atoms with van der Waals surface area (Å²) in [5.74, 6) is 2.55. The minimum Gasteiger partial charge on any atom is -0.374 e. The maximum atomic E-state index is 5.15. The highest BCUT2D eigenvalue weighted by molar-refractivity contribution is 14.1. The molecular formula is C10H10IN. The summed E-state index contributed by atoms with van der Waals surface area (Å²) in [7, 11) is 0. The summed E-state index contributed by atoms with van der Waals surface area (Å²) >= 11 is 2.28. The normalized spacial score (nSPS) is 9.08. The first kappa shape index (κ1) is 9.40. The van der Waals surface area contributed by atoms with Crippen molar-refractivity contribution < 1.29 is 0 Å². The van der Waals surface area contributed by atoms with Gasteiger partial charge in [-0.05, 0) is 47.2 Å². The quantitative estimate of drug-likeness (QED) is 0.644. The lowest BCUT2D eigenvalue weighted by molar-refractivity contribution is 1.33. The van der Waals surface area contributed by atoms with Crippen molar-refractivity contribution >= 4 is 28.3 Å². The Balaban J connectivity index is 2.84. The Hall–Kier alpha value is -0.690. The zero-order valence-electron chi connectivity index (χ0n) is 6.89. The standard InChI is InChI=1S/C10H10IN/c1-3-6-12-10-7-9(11)5-4-8(10)2/h1,4-5,7,12H,6H2,2H3. The van der Waals surface area contributed by atoms with Gasteiger partial charge in [-0.25, -0.2) is 0 Å². The first-order chi connectivity index (χ1) is 5.74. The molecule has 2 heteroatoms. The molecule has 0 aliphatic heterocycles. The first-order valence-corrected chi connectivity index (χ1v) is 4.75. The van der Waals surface area contributed by atoms with Crippen molar-refractivity contribution in [2.24, 2.45) is 0 Å². The average Bonchev–Trinajstić information content (AvgIpc) is 2.07. The van der Waals surface area contributed by atoms with Gasteiger partial charge in [0.1, 0.15) is 0 Å². The van der Waals surface area contributed by atoms with Gasteiger partial charge < -0.3 is 5.32 Å². The molecule has 0 aliphatic rings. The zero-order chi connectivity index (χ0) is 8.97. The maximum absolute atomic E-state index is 5.15. The highest BCUT2D eigenvalue weighted by atomic mass is 127. The van der Waals surface area contributed by atoms with Crippen LogP contribution in [0.15, 0.2) is 18.2 Å². The monoisotopic (exact) mass is 271 g/mol. The number of anilines is 1. The molecule has 0 saturated carbocycles. The molecule has 0 amide bonds. The van der Waals surface area contributed by atoms with Crippen molar-refractivity contribution in [2.45, 2.75) is 6.92 Å². The van der Waals surface area contributed by atoms with Gasteiger partial charge >= 0.3 is 0 Å². The maximum Gasteiger partial charge on any atom is 0.0763 e. The van der Waals surface area contributed by atoms with Crippen LogP contribution in [0.4, 0.5) is 5.69 Å². The van der Waals surface area contributed by atoms with E-state index in [0.29, 0.717) is 6.54 Å². The van der Waals surface area contributed by atoms with Crippen LogP contribution in [0.2, 0.25) is 0 Å². The number of rotatable bonds is 2. The largest absolute Gasteiger partial charge is 0.374 e. The van der Waals surface area contributed by atoms with Gasteiger partial charge in [-0.15, -0.1) is 6.42 Å². The van der Waals surface area contributed by atoms with E-state index >= 15 is 0 Å². The predicted octanol–water partition coefficient (Wildman–Crippen LogP) is 2.64. The molecule has 0 spiro atoms. The van der Waals surface area contributed by atoms with Crippen LogP contribution in [0.5, 0.6) is 0 Å². The topological polar surface area (TPSA) is 12.0 Å². The zero-order valence-corrected chi connectivity index (χ0v) is 9.05. The number of nitrogens with one attached hydrogen (secondary N) is 1. The number of aryl methyl sites for hydroxylation is 1. The second-order valence-corrected chi connectivity index (χ2v) is 3.76. The van der Waals surface area contributed by atoms with Crippen LogP contribution in [0.1, 0.15) is 5.56 Å². The van der Waals surface area contributed by atoms with Gasteiger partial charge in [0, 0.05) is 9.26 Å². The molecular weight excluding hydrogens is 261 g/mol. The van der Waals surface area contributed by atoms with Crippen molar-refractivity contribution in [3.05, 3.63) is 27.3 Å². The van der Waals surface area contributed by atoms with Crippen molar-refractivity contribution in [1.82, 2.24) is 0 Å². The Morgan fingerprint density at radius 1 is 1.58 bits per heavy atom. The second kappa shape index (κ2) is 4.36. The van der Waals surface area contributed by atoms with Crippen LogP contribution in [0.25, 0.3) is 0 Å². The summed E-state index contributed by atoms with van der Waals surface area (Å²) in [5.41, 5.74) is 2.35. The second-order valence-electron chi connectivity index (χ2n) is 2.52. The number of hydrogen-bond acceptors (Lipinski definition) is 1. The summed E-state index contributed by atoms with van der Waals surface area (Å²) in [6.45, 7) is 2.65. The molecule has 0 radical (unpaired) electrons. The van der Waals surface area contributed by atoms with E-state index in [1.54, 1.807) is 0 Å². The highest BCUT2D eigenvalue weighted by Crippen LogP contribution is 2.17. The van der Waals surface area contributed by atoms with Crippen molar-refractivity contribution in [2.75, 3.05) is 11.9 Å². The van der Waals surface area contributed by atoms with E-state index in [0.717, 1.165) is 5.69 Å². The van der Waals surface area contributed by atoms with Gasteiger partial charge in [-0.3, -0.25) is 0 Å².